The van der Waals surface area contributed by atoms with E-state index in [1.54, 1.807) is 18.2 Å². The Morgan fingerprint density at radius 3 is 2.62 bits per heavy atom. The quantitative estimate of drug-likeness (QED) is 0.893. The Hall–Kier alpha value is -2.04. The zero-order valence-corrected chi connectivity index (χ0v) is 12.4. The monoisotopic (exact) mass is 291 g/mol. The predicted molar refractivity (Wildman–Crippen MR) is 78.0 cm³/mol. The molecule has 1 aliphatic heterocycles. The number of phenolic OH excluding ortho intramolecular Hbond substituents is 1. The minimum absolute atomic E-state index is 0.0204. The average molecular weight is 291 g/mol. The summed E-state index contributed by atoms with van der Waals surface area (Å²) >= 11 is 0. The maximum Gasteiger partial charge on any atom is 0.326 e. The number of hydrogen-bond acceptors (Lipinski definition) is 3. The van der Waals surface area contributed by atoms with Crippen molar-refractivity contribution in [3.05, 3.63) is 29.8 Å². The number of piperidine rings is 1. The Morgan fingerprint density at radius 1 is 1.33 bits per heavy atom. The van der Waals surface area contributed by atoms with Crippen LogP contribution < -0.4 is 0 Å². The lowest BCUT2D eigenvalue weighted by Crippen LogP contribution is -2.56. The molecule has 21 heavy (non-hydrogen) atoms. The summed E-state index contributed by atoms with van der Waals surface area (Å²) in [5.74, 6) is -1.16. The molecule has 1 atom stereocenters. The molecular weight excluding hydrogens is 270 g/mol. The third-order valence-corrected chi connectivity index (χ3v) is 4.16. The van der Waals surface area contributed by atoms with Crippen molar-refractivity contribution >= 4 is 11.9 Å². The summed E-state index contributed by atoms with van der Waals surface area (Å²) in [4.78, 5) is 25.5. The van der Waals surface area contributed by atoms with Gasteiger partial charge in [0.15, 0.2) is 0 Å². The summed E-state index contributed by atoms with van der Waals surface area (Å²) < 4.78 is 0. The maximum absolute atomic E-state index is 12.5. The number of carbonyl (C=O) groups excluding carboxylic acids is 1. The number of carbonyl (C=O) groups is 2. The highest BCUT2D eigenvalue weighted by atomic mass is 16.4. The largest absolute Gasteiger partial charge is 0.508 e. The zero-order valence-electron chi connectivity index (χ0n) is 12.4. The second-order valence-corrected chi connectivity index (χ2v) is 6.23. The Balaban J connectivity index is 2.21. The molecule has 1 amide bonds. The van der Waals surface area contributed by atoms with Gasteiger partial charge >= 0.3 is 5.97 Å². The van der Waals surface area contributed by atoms with Gasteiger partial charge in [0.2, 0.25) is 5.91 Å². The number of aromatic hydroxyl groups is 1. The second-order valence-electron chi connectivity index (χ2n) is 6.23. The molecule has 1 heterocycles. The average Bonchev–Trinajstić information content (AvgIpc) is 2.39. The van der Waals surface area contributed by atoms with Crippen molar-refractivity contribution < 1.29 is 19.8 Å². The molecule has 0 spiro atoms. The number of hydrogen-bond donors (Lipinski definition) is 2. The lowest BCUT2D eigenvalue weighted by atomic mass is 9.76. The fourth-order valence-corrected chi connectivity index (χ4v) is 3.05. The normalized spacial score (nSPS) is 21.0. The van der Waals surface area contributed by atoms with Crippen molar-refractivity contribution in [1.29, 1.82) is 0 Å². The first-order valence-electron chi connectivity index (χ1n) is 7.12. The highest BCUT2D eigenvalue weighted by Gasteiger charge is 2.44. The van der Waals surface area contributed by atoms with E-state index in [0.717, 1.165) is 12.8 Å². The molecule has 1 aliphatic rings. The van der Waals surface area contributed by atoms with Crippen LogP contribution in [0.2, 0.25) is 0 Å². The van der Waals surface area contributed by atoms with Gasteiger partial charge in [0.05, 0.1) is 6.42 Å². The van der Waals surface area contributed by atoms with E-state index in [9.17, 15) is 19.8 Å². The number of nitrogens with zero attached hydrogens (tertiary/aromatic N) is 1. The second kappa shape index (κ2) is 5.76. The van der Waals surface area contributed by atoms with Gasteiger partial charge in [-0.3, -0.25) is 4.79 Å². The molecule has 0 aliphatic carbocycles. The van der Waals surface area contributed by atoms with E-state index in [2.05, 4.69) is 0 Å². The Labute approximate surface area is 124 Å². The molecule has 5 heteroatoms. The van der Waals surface area contributed by atoms with Gasteiger partial charge in [-0.15, -0.1) is 0 Å². The molecule has 1 aromatic rings. The number of carboxylic acids is 1. The molecule has 1 fully saturated rings. The fraction of sp³-hybridized carbons (Fsp3) is 0.500. The van der Waals surface area contributed by atoms with E-state index < -0.39 is 17.4 Å². The van der Waals surface area contributed by atoms with Gasteiger partial charge in [-0.1, -0.05) is 32.0 Å². The first kappa shape index (κ1) is 15.4. The number of para-hydroxylation sites is 1. The maximum atomic E-state index is 12.5. The summed E-state index contributed by atoms with van der Waals surface area (Å²) in [6.45, 7) is 4.21. The van der Waals surface area contributed by atoms with Crippen molar-refractivity contribution in [3.8, 4) is 5.75 Å². The number of rotatable bonds is 3. The molecule has 0 bridgehead atoms. The van der Waals surface area contributed by atoms with Crippen LogP contribution in [0.15, 0.2) is 24.3 Å². The van der Waals surface area contributed by atoms with E-state index in [1.807, 2.05) is 13.8 Å². The van der Waals surface area contributed by atoms with Crippen LogP contribution in [0.5, 0.6) is 5.75 Å². The van der Waals surface area contributed by atoms with Gasteiger partial charge in [-0.25, -0.2) is 4.79 Å². The predicted octanol–water partition coefficient (Wildman–Crippen LogP) is 2.04. The van der Waals surface area contributed by atoms with Crippen LogP contribution in [0, 0.1) is 5.41 Å². The van der Waals surface area contributed by atoms with Crippen LogP contribution in [0.1, 0.15) is 32.3 Å². The summed E-state index contributed by atoms with van der Waals surface area (Å²) in [6, 6.07) is 5.82. The minimum atomic E-state index is -0.967. The molecule has 1 unspecified atom stereocenters. The number of aliphatic carboxylic acids is 1. The van der Waals surface area contributed by atoms with Crippen molar-refractivity contribution in [2.75, 3.05) is 6.54 Å². The molecule has 0 saturated carbocycles. The number of likely N-dealkylation sites (tertiary alicyclic amines) is 1. The number of amides is 1. The van der Waals surface area contributed by atoms with Crippen LogP contribution in [0.25, 0.3) is 0 Å². The summed E-state index contributed by atoms with van der Waals surface area (Å²) in [5, 5.41) is 19.2. The molecule has 2 N–H and O–H groups in total. The van der Waals surface area contributed by atoms with Crippen LogP contribution in [-0.2, 0) is 16.0 Å². The van der Waals surface area contributed by atoms with E-state index in [4.69, 9.17) is 0 Å². The number of benzene rings is 1. The third kappa shape index (κ3) is 3.17. The van der Waals surface area contributed by atoms with Gasteiger partial charge in [0, 0.05) is 12.1 Å². The van der Waals surface area contributed by atoms with Crippen LogP contribution in [0.4, 0.5) is 0 Å². The van der Waals surface area contributed by atoms with Crippen LogP contribution in [-0.4, -0.2) is 39.6 Å². The lowest BCUT2D eigenvalue weighted by Gasteiger charge is -2.44. The molecule has 1 saturated heterocycles. The Bertz CT molecular complexity index is 553. The zero-order chi connectivity index (χ0) is 15.6. The summed E-state index contributed by atoms with van der Waals surface area (Å²) in [5.41, 5.74) is 0.0772. The third-order valence-electron chi connectivity index (χ3n) is 4.16. The van der Waals surface area contributed by atoms with E-state index in [0.29, 0.717) is 12.1 Å². The first-order chi connectivity index (χ1) is 9.83. The van der Waals surface area contributed by atoms with E-state index >= 15 is 0 Å². The van der Waals surface area contributed by atoms with Crippen LogP contribution >= 0.6 is 0 Å². The molecule has 0 radical (unpaired) electrons. The SMILES string of the molecule is CC1(C)CCCN(C(=O)Cc2ccccc2O)C1C(=O)O. The van der Waals surface area contributed by atoms with Crippen molar-refractivity contribution in [2.45, 2.75) is 39.2 Å². The van der Waals surface area contributed by atoms with E-state index in [-0.39, 0.29) is 18.1 Å². The minimum Gasteiger partial charge on any atom is -0.508 e. The highest BCUT2D eigenvalue weighted by molar-refractivity contribution is 5.86. The van der Waals surface area contributed by atoms with Crippen LogP contribution in [0.3, 0.4) is 0 Å². The van der Waals surface area contributed by atoms with Gasteiger partial charge in [-0.05, 0) is 24.3 Å². The number of carboxylic acid groups (broad SMARTS) is 1. The van der Waals surface area contributed by atoms with Crippen molar-refractivity contribution in [3.63, 3.8) is 0 Å². The molecule has 2 rings (SSSR count). The molecule has 5 nitrogen and oxygen atoms in total. The fourth-order valence-electron chi connectivity index (χ4n) is 3.05. The Kier molecular flexibility index (Phi) is 4.21. The van der Waals surface area contributed by atoms with Gasteiger partial charge < -0.3 is 15.1 Å². The smallest absolute Gasteiger partial charge is 0.326 e. The lowest BCUT2D eigenvalue weighted by molar-refractivity contribution is -0.158. The molecule has 0 aromatic heterocycles. The van der Waals surface area contributed by atoms with Crippen molar-refractivity contribution in [2.24, 2.45) is 5.41 Å². The topological polar surface area (TPSA) is 77.8 Å². The van der Waals surface area contributed by atoms with Gasteiger partial charge in [-0.2, -0.15) is 0 Å². The molecule has 1 aromatic carbocycles. The first-order valence-corrected chi connectivity index (χ1v) is 7.12. The van der Waals surface area contributed by atoms with E-state index in [1.165, 1.54) is 11.0 Å². The standard InChI is InChI=1S/C16H21NO4/c1-16(2)8-5-9-17(14(16)15(20)21)13(19)10-11-6-3-4-7-12(11)18/h3-4,6-7,14,18H,5,8-10H2,1-2H3,(H,20,21). The molecular formula is C16H21NO4. The Morgan fingerprint density at radius 2 is 2.00 bits per heavy atom. The van der Waals surface area contributed by atoms with Gasteiger partial charge in [0.25, 0.3) is 0 Å². The van der Waals surface area contributed by atoms with Crippen molar-refractivity contribution in [1.82, 2.24) is 4.90 Å². The number of phenols is 1. The van der Waals surface area contributed by atoms with Gasteiger partial charge in [0.1, 0.15) is 11.8 Å². The summed E-state index contributed by atoms with van der Waals surface area (Å²) in [6.07, 6.45) is 1.60. The molecule has 114 valence electrons. The summed E-state index contributed by atoms with van der Waals surface area (Å²) in [7, 11) is 0. The highest BCUT2D eigenvalue weighted by Crippen LogP contribution is 2.35.